The summed E-state index contributed by atoms with van der Waals surface area (Å²) < 4.78 is 65.8. The lowest BCUT2D eigenvalue weighted by atomic mass is 9.52. The Morgan fingerprint density at radius 1 is 1.30 bits per heavy atom. The van der Waals surface area contributed by atoms with E-state index in [1.807, 2.05) is 0 Å². The summed E-state index contributed by atoms with van der Waals surface area (Å²) in [7, 11) is 0. The smallest absolute Gasteiger partial charge is 0.406 e. The number of likely N-dealkylation sites (N-methyl/N-ethyl adjacent to an activating group) is 1. The minimum Gasteiger partial charge on any atom is -0.406 e. The number of hydrogen-bond acceptors (Lipinski definition) is 2. The third-order valence-electron chi connectivity index (χ3n) is 6.04. The number of nitrogens with zero attached hydrogens (tertiary/aromatic N) is 1. The summed E-state index contributed by atoms with van der Waals surface area (Å²) in [6.45, 7) is -1.67. The monoisotopic (exact) mass is 328 g/mol. The van der Waals surface area contributed by atoms with Crippen molar-refractivity contribution < 1.29 is 22.0 Å². The first kappa shape index (κ1) is 12.2. The second-order valence-corrected chi connectivity index (χ2v) is 7.09. The van der Waals surface area contributed by atoms with Gasteiger partial charge >= 0.3 is 6.36 Å². The van der Waals surface area contributed by atoms with Crippen LogP contribution in [0.2, 0.25) is 0 Å². The van der Waals surface area contributed by atoms with Crippen LogP contribution in [0.4, 0.5) is 13.2 Å². The van der Waals surface area contributed by atoms with Gasteiger partial charge in [0.25, 0.3) is 0 Å². The van der Waals surface area contributed by atoms with Crippen molar-refractivity contribution in [3.05, 3.63) is 29.3 Å². The zero-order valence-corrected chi connectivity index (χ0v) is 12.8. The molecule has 0 N–H and O–H groups in total. The molecule has 1 heterocycles. The molecular weight excluding hydrogens is 303 g/mol. The summed E-state index contributed by atoms with van der Waals surface area (Å²) in [4.78, 5) is 1.64. The van der Waals surface area contributed by atoms with Crippen LogP contribution in [0.5, 0.6) is 5.75 Å². The first-order chi connectivity index (χ1) is 12.1. The van der Waals surface area contributed by atoms with Gasteiger partial charge in [0, 0.05) is 15.6 Å². The van der Waals surface area contributed by atoms with Gasteiger partial charge in [-0.3, -0.25) is 0 Å². The predicted octanol–water partition coefficient (Wildman–Crippen LogP) is 4.27. The Balaban J connectivity index is 1.78. The largest absolute Gasteiger partial charge is 0.573 e. The fourth-order valence-corrected chi connectivity index (χ4v) is 5.18. The quantitative estimate of drug-likeness (QED) is 0.763. The first-order valence-electron chi connectivity index (χ1n) is 9.76. The minimum absolute atomic E-state index is 0.0709. The lowest BCUT2D eigenvalue weighted by Gasteiger charge is -2.58. The number of rotatable bonds is 1. The Labute approximate surface area is 138 Å². The van der Waals surface area contributed by atoms with Crippen LogP contribution in [0.1, 0.15) is 47.3 Å². The Morgan fingerprint density at radius 2 is 2.17 bits per heavy atom. The molecule has 1 aromatic carbocycles. The molecular formula is C18H22F3NO. The van der Waals surface area contributed by atoms with E-state index in [4.69, 9.17) is 4.11 Å². The van der Waals surface area contributed by atoms with E-state index in [-0.39, 0.29) is 23.1 Å². The lowest BCUT2D eigenvalue weighted by Crippen LogP contribution is -2.59. The summed E-state index contributed by atoms with van der Waals surface area (Å²) in [6.07, 6.45) is 0.459. The first-order valence-corrected chi connectivity index (χ1v) is 8.26. The number of ether oxygens (including phenoxy) is 1. The topological polar surface area (TPSA) is 12.5 Å². The van der Waals surface area contributed by atoms with E-state index in [0.717, 1.165) is 36.8 Å². The summed E-state index contributed by atoms with van der Waals surface area (Å²) in [5.41, 5.74) is 1.70. The second kappa shape index (κ2) is 5.13. The SMILES string of the molecule is [2H]C([2H])([2H])N1CC[C@@]23CCCC[C@@H]2[C@@H]1Cc1ccc(OC(F)(F)F)cc13. The van der Waals surface area contributed by atoms with Crippen LogP contribution in [0.25, 0.3) is 0 Å². The molecule has 0 aromatic heterocycles. The molecule has 2 aliphatic carbocycles. The van der Waals surface area contributed by atoms with Gasteiger partial charge in [-0.1, -0.05) is 18.9 Å². The van der Waals surface area contributed by atoms with Crippen LogP contribution in [0.3, 0.4) is 0 Å². The zero-order valence-electron chi connectivity index (χ0n) is 15.8. The van der Waals surface area contributed by atoms with Crippen LogP contribution in [0.15, 0.2) is 18.2 Å². The number of benzene rings is 1. The van der Waals surface area contributed by atoms with Crippen molar-refractivity contribution in [1.82, 2.24) is 4.90 Å². The molecule has 2 nitrogen and oxygen atoms in total. The molecule has 3 aliphatic rings. The highest BCUT2D eigenvalue weighted by molar-refractivity contribution is 5.45. The van der Waals surface area contributed by atoms with Crippen molar-refractivity contribution in [2.75, 3.05) is 13.5 Å². The van der Waals surface area contributed by atoms with Crippen molar-refractivity contribution in [2.45, 2.75) is 56.3 Å². The maximum atomic E-state index is 12.6. The van der Waals surface area contributed by atoms with E-state index in [2.05, 4.69) is 4.74 Å². The Hall–Kier alpha value is -1.23. The Bertz CT molecular complexity index is 706. The number of hydrogen-bond donors (Lipinski definition) is 0. The van der Waals surface area contributed by atoms with Crippen LogP contribution in [0, 0.1) is 5.92 Å². The van der Waals surface area contributed by atoms with Gasteiger partial charge in [0.15, 0.2) is 0 Å². The molecule has 5 heteroatoms. The highest BCUT2D eigenvalue weighted by atomic mass is 19.4. The van der Waals surface area contributed by atoms with E-state index < -0.39 is 13.3 Å². The van der Waals surface area contributed by atoms with Gasteiger partial charge in [-0.2, -0.15) is 0 Å². The van der Waals surface area contributed by atoms with Crippen LogP contribution in [-0.2, 0) is 11.8 Å². The van der Waals surface area contributed by atoms with Crippen molar-refractivity contribution in [3.63, 3.8) is 0 Å². The number of piperidine rings is 1. The van der Waals surface area contributed by atoms with Crippen LogP contribution >= 0.6 is 0 Å². The number of halogens is 3. The zero-order chi connectivity index (χ0) is 18.7. The molecule has 4 rings (SSSR count). The Kier molecular flexibility index (Phi) is 2.72. The van der Waals surface area contributed by atoms with Crippen molar-refractivity contribution in [2.24, 2.45) is 5.92 Å². The molecule has 0 amide bonds. The molecule has 0 radical (unpaired) electrons. The van der Waals surface area contributed by atoms with Gasteiger partial charge in [-0.15, -0.1) is 13.2 Å². The normalized spacial score (nSPS) is 36.2. The highest BCUT2D eigenvalue weighted by Crippen LogP contribution is 2.56. The molecule has 2 bridgehead atoms. The molecule has 1 saturated heterocycles. The van der Waals surface area contributed by atoms with E-state index in [9.17, 15) is 13.2 Å². The summed E-state index contributed by atoms with van der Waals surface area (Å²) >= 11 is 0. The molecule has 1 aromatic rings. The predicted molar refractivity (Wildman–Crippen MR) is 81.5 cm³/mol. The molecule has 23 heavy (non-hydrogen) atoms. The molecule has 2 fully saturated rings. The lowest BCUT2D eigenvalue weighted by molar-refractivity contribution is -0.274. The molecule has 3 atom stereocenters. The van der Waals surface area contributed by atoms with Crippen molar-refractivity contribution >= 4 is 0 Å². The summed E-state index contributed by atoms with van der Waals surface area (Å²) in [6, 6.07) is 4.53. The van der Waals surface area contributed by atoms with Crippen molar-refractivity contribution in [3.8, 4) is 5.75 Å². The van der Waals surface area contributed by atoms with Crippen molar-refractivity contribution in [1.29, 1.82) is 0 Å². The number of fused-ring (bicyclic) bond motifs is 1. The van der Waals surface area contributed by atoms with E-state index in [1.165, 1.54) is 6.07 Å². The average molecular weight is 328 g/mol. The maximum Gasteiger partial charge on any atom is 0.573 e. The molecule has 1 aliphatic heterocycles. The molecule has 0 unspecified atom stereocenters. The second-order valence-electron chi connectivity index (χ2n) is 7.09. The maximum absolute atomic E-state index is 12.6. The van der Waals surface area contributed by atoms with E-state index in [0.29, 0.717) is 19.4 Å². The third kappa shape index (κ3) is 2.44. The fraction of sp³-hybridized carbons (Fsp3) is 0.667. The van der Waals surface area contributed by atoms with Gasteiger partial charge in [0.1, 0.15) is 5.75 Å². The van der Waals surface area contributed by atoms with Gasteiger partial charge in [0.05, 0.1) is 0 Å². The van der Waals surface area contributed by atoms with Gasteiger partial charge in [0.2, 0.25) is 0 Å². The Morgan fingerprint density at radius 3 is 2.96 bits per heavy atom. The highest BCUT2D eigenvalue weighted by Gasteiger charge is 2.53. The summed E-state index contributed by atoms with van der Waals surface area (Å²) in [5.74, 6) is 0.00529. The average Bonchev–Trinajstić information content (AvgIpc) is 2.53. The van der Waals surface area contributed by atoms with Gasteiger partial charge in [-0.25, -0.2) is 0 Å². The minimum atomic E-state index is -4.71. The molecule has 0 spiro atoms. The number of likely N-dealkylation sites (tertiary alicyclic amines) is 1. The van der Waals surface area contributed by atoms with E-state index >= 15 is 0 Å². The van der Waals surface area contributed by atoms with Gasteiger partial charge in [-0.05, 0) is 68.4 Å². The summed E-state index contributed by atoms with van der Waals surface area (Å²) in [5, 5.41) is 0. The molecule has 126 valence electrons. The van der Waals surface area contributed by atoms with Crippen LogP contribution < -0.4 is 4.74 Å². The molecule has 1 saturated carbocycles. The standard InChI is InChI=1S/C18H22F3NO/c1-22-9-8-17-7-3-2-4-14(17)16(22)10-12-5-6-13(11-15(12)17)23-18(19,20)21/h5-6,11,14,16H,2-4,7-10H2,1H3/t14-,16+,17+/m1/s1/i1D3. The third-order valence-corrected chi connectivity index (χ3v) is 6.04. The van der Waals surface area contributed by atoms with Crippen LogP contribution in [-0.4, -0.2) is 30.8 Å². The number of alkyl halides is 3. The van der Waals surface area contributed by atoms with Gasteiger partial charge < -0.3 is 9.64 Å². The fourth-order valence-electron chi connectivity index (χ4n) is 5.18. The van der Waals surface area contributed by atoms with E-state index in [1.54, 1.807) is 17.0 Å².